The second-order valence-electron chi connectivity index (χ2n) is 12.9. The van der Waals surface area contributed by atoms with E-state index in [4.69, 9.17) is 28.4 Å². The molecule has 2 heterocycles. The zero-order chi connectivity index (χ0) is 38.3. The molecule has 0 bridgehead atoms. The molecule has 4 rings (SSSR count). The highest BCUT2D eigenvalue weighted by molar-refractivity contribution is 5.89. The predicted molar refractivity (Wildman–Crippen MR) is 171 cm³/mol. The van der Waals surface area contributed by atoms with Gasteiger partial charge in [0.15, 0.2) is 24.3 Å². The van der Waals surface area contributed by atoms with Crippen molar-refractivity contribution in [1.82, 2.24) is 0 Å². The van der Waals surface area contributed by atoms with Gasteiger partial charge >= 0.3 is 11.9 Å². The third kappa shape index (κ3) is 9.48. The maximum Gasteiger partial charge on any atom is 0.344 e. The standard InChI is InChI=1S/C34H46O18/c1-16(2)13-34(46,33(45)52-30(18-11-7-4-8-12-18)51-32-26(42)24(40)22(38)20(15-36)48-32)27(43)28(44)49-29(17-9-5-3-6-10-17)50-31-25(41)23(39)21(37)19(14-35)47-31/h3-12,16,19-27,29-32,35-43,46H,13-15H2,1-2H3/t19-,20-,21-,22-,23+,24+,25-,26-,27?,29?,30?,31+,32+,34?/m1/s1. The number of aliphatic hydroxyl groups excluding tert-OH is 9. The Labute approximate surface area is 297 Å². The van der Waals surface area contributed by atoms with E-state index in [2.05, 4.69) is 0 Å². The first-order chi connectivity index (χ1) is 24.6. The molecule has 4 unspecified atom stereocenters. The maximum atomic E-state index is 13.8. The SMILES string of the molecule is CC(C)CC(O)(C(=O)OC(O[C@@H]1O[C@H](CO)[C@@H](O)[C@H](O)[C@H]1O)c1ccccc1)C(O)C(=O)OC(O[C@@H]1O[C@H](CO)[C@@H](O)[C@H](O)[C@H]1O)c1ccccc1. The molecule has 2 saturated heterocycles. The Morgan fingerprint density at radius 1 is 0.673 bits per heavy atom. The second-order valence-corrected chi connectivity index (χ2v) is 12.9. The summed E-state index contributed by atoms with van der Waals surface area (Å²) in [5, 5.41) is 104. The van der Waals surface area contributed by atoms with Gasteiger partial charge in [0, 0.05) is 11.1 Å². The molecule has 2 fully saturated rings. The van der Waals surface area contributed by atoms with Crippen molar-refractivity contribution in [2.24, 2.45) is 5.92 Å². The zero-order valence-corrected chi connectivity index (χ0v) is 28.2. The van der Waals surface area contributed by atoms with Crippen LogP contribution in [0.1, 0.15) is 44.0 Å². The lowest BCUT2D eigenvalue weighted by atomic mass is 9.87. The van der Waals surface area contributed by atoms with Crippen molar-refractivity contribution in [2.45, 2.75) is 106 Å². The Bertz CT molecular complexity index is 1410. The molecule has 2 aromatic carbocycles. The fraction of sp³-hybridized carbons (Fsp3) is 0.588. The normalized spacial score (nSPS) is 32.3. The smallest absolute Gasteiger partial charge is 0.344 e. The largest absolute Gasteiger partial charge is 0.429 e. The quantitative estimate of drug-likeness (QED) is 0.0653. The van der Waals surface area contributed by atoms with Gasteiger partial charge in [-0.15, -0.1) is 0 Å². The molecule has 18 nitrogen and oxygen atoms in total. The zero-order valence-electron chi connectivity index (χ0n) is 28.2. The lowest BCUT2D eigenvalue weighted by Gasteiger charge is -2.41. The molecular formula is C34H46O18. The number of hydrogen-bond donors (Lipinski definition) is 10. The van der Waals surface area contributed by atoms with Gasteiger partial charge < -0.3 is 79.5 Å². The highest BCUT2D eigenvalue weighted by Crippen LogP contribution is 2.34. The summed E-state index contributed by atoms with van der Waals surface area (Å²) in [7, 11) is 0. The average molecular weight is 743 g/mol. The number of aliphatic hydroxyl groups is 10. The van der Waals surface area contributed by atoms with Crippen molar-refractivity contribution in [1.29, 1.82) is 0 Å². The van der Waals surface area contributed by atoms with Gasteiger partial charge in [0.1, 0.15) is 48.8 Å². The van der Waals surface area contributed by atoms with Gasteiger partial charge in [0.25, 0.3) is 0 Å². The summed E-state index contributed by atoms with van der Waals surface area (Å²) in [4.78, 5) is 27.4. The second kappa shape index (κ2) is 18.2. The molecule has 18 heteroatoms. The molecule has 0 aromatic heterocycles. The van der Waals surface area contributed by atoms with Gasteiger partial charge in [0.2, 0.25) is 12.6 Å². The number of benzene rings is 2. The summed E-state index contributed by atoms with van der Waals surface area (Å²) in [6.45, 7) is 1.55. The Morgan fingerprint density at radius 2 is 1.08 bits per heavy atom. The number of hydrogen-bond acceptors (Lipinski definition) is 18. The van der Waals surface area contributed by atoms with E-state index in [9.17, 15) is 60.7 Å². The molecule has 290 valence electrons. The van der Waals surface area contributed by atoms with Gasteiger partial charge in [-0.05, 0) is 12.3 Å². The lowest BCUT2D eigenvalue weighted by molar-refractivity contribution is -0.338. The van der Waals surface area contributed by atoms with E-state index in [1.807, 2.05) is 0 Å². The van der Waals surface area contributed by atoms with Gasteiger partial charge in [-0.2, -0.15) is 0 Å². The molecule has 52 heavy (non-hydrogen) atoms. The Morgan fingerprint density at radius 3 is 1.46 bits per heavy atom. The first-order valence-corrected chi connectivity index (χ1v) is 16.5. The van der Waals surface area contributed by atoms with E-state index >= 15 is 0 Å². The molecule has 14 atom stereocenters. The van der Waals surface area contributed by atoms with Crippen LogP contribution < -0.4 is 0 Å². The summed E-state index contributed by atoms with van der Waals surface area (Å²) in [6, 6.07) is 15.0. The van der Waals surface area contributed by atoms with E-state index in [1.54, 1.807) is 26.0 Å². The monoisotopic (exact) mass is 742 g/mol. The van der Waals surface area contributed by atoms with Gasteiger partial charge in [0.05, 0.1) is 13.2 Å². The topological polar surface area (TPSA) is 292 Å². The minimum Gasteiger partial charge on any atom is -0.429 e. The Kier molecular flexibility index (Phi) is 14.6. The van der Waals surface area contributed by atoms with Crippen LogP contribution in [-0.2, 0) is 38.0 Å². The van der Waals surface area contributed by atoms with Crippen molar-refractivity contribution in [2.75, 3.05) is 13.2 Å². The van der Waals surface area contributed by atoms with E-state index in [1.165, 1.54) is 48.5 Å². The van der Waals surface area contributed by atoms with Crippen LogP contribution in [0.4, 0.5) is 0 Å². The molecule has 2 aliphatic rings. The number of ether oxygens (including phenoxy) is 6. The summed E-state index contributed by atoms with van der Waals surface area (Å²) in [5.41, 5.74) is -2.83. The predicted octanol–water partition coefficient (Wildman–Crippen LogP) is -2.76. The fourth-order valence-electron chi connectivity index (χ4n) is 5.67. The molecule has 0 aliphatic carbocycles. The molecule has 2 aromatic rings. The highest BCUT2D eigenvalue weighted by Gasteiger charge is 2.53. The van der Waals surface area contributed by atoms with Crippen LogP contribution in [0.2, 0.25) is 0 Å². The Balaban J connectivity index is 1.60. The third-order valence-corrected chi connectivity index (χ3v) is 8.54. The van der Waals surface area contributed by atoms with Crippen LogP contribution in [0, 0.1) is 5.92 Å². The van der Waals surface area contributed by atoms with Crippen molar-refractivity contribution in [3.05, 3.63) is 71.8 Å². The minimum absolute atomic E-state index is 0.104. The van der Waals surface area contributed by atoms with Crippen LogP contribution >= 0.6 is 0 Å². The summed E-state index contributed by atoms with van der Waals surface area (Å²) >= 11 is 0. The molecule has 0 amide bonds. The molecule has 10 N–H and O–H groups in total. The third-order valence-electron chi connectivity index (χ3n) is 8.54. The average Bonchev–Trinajstić information content (AvgIpc) is 3.14. The summed E-state index contributed by atoms with van der Waals surface area (Å²) in [5.74, 6) is -3.79. The maximum absolute atomic E-state index is 13.8. The van der Waals surface area contributed by atoms with Gasteiger partial charge in [-0.3, -0.25) is 0 Å². The molecule has 0 spiro atoms. The Hall–Kier alpha value is -3.18. The number of esters is 2. The van der Waals surface area contributed by atoms with E-state index in [0.717, 1.165) is 0 Å². The van der Waals surface area contributed by atoms with E-state index in [0.29, 0.717) is 0 Å². The van der Waals surface area contributed by atoms with Gasteiger partial charge in [-0.25, -0.2) is 9.59 Å². The van der Waals surface area contributed by atoms with Crippen LogP contribution in [0.3, 0.4) is 0 Å². The van der Waals surface area contributed by atoms with E-state index in [-0.39, 0.29) is 11.1 Å². The lowest BCUT2D eigenvalue weighted by Crippen LogP contribution is -2.60. The molecule has 0 radical (unpaired) electrons. The van der Waals surface area contributed by atoms with Crippen molar-refractivity contribution >= 4 is 11.9 Å². The first kappa shape index (κ1) is 41.6. The first-order valence-electron chi connectivity index (χ1n) is 16.5. The molecular weight excluding hydrogens is 696 g/mol. The molecule has 0 saturated carbocycles. The number of rotatable bonds is 15. The minimum atomic E-state index is -3.04. The van der Waals surface area contributed by atoms with Crippen molar-refractivity contribution < 1.29 is 89.1 Å². The summed E-state index contributed by atoms with van der Waals surface area (Å²) in [6.07, 6.45) is -24.2. The van der Waals surface area contributed by atoms with Crippen LogP contribution in [0.5, 0.6) is 0 Å². The van der Waals surface area contributed by atoms with Gasteiger partial charge in [-0.1, -0.05) is 74.5 Å². The van der Waals surface area contributed by atoms with E-state index < -0.39 is 123 Å². The number of carbonyl (C=O) groups is 2. The van der Waals surface area contributed by atoms with Crippen LogP contribution in [0.15, 0.2) is 60.7 Å². The van der Waals surface area contributed by atoms with Crippen molar-refractivity contribution in [3.8, 4) is 0 Å². The highest BCUT2D eigenvalue weighted by atomic mass is 16.8. The fourth-order valence-corrected chi connectivity index (χ4v) is 5.67. The summed E-state index contributed by atoms with van der Waals surface area (Å²) < 4.78 is 33.0. The van der Waals surface area contributed by atoms with Crippen molar-refractivity contribution in [3.63, 3.8) is 0 Å². The van der Waals surface area contributed by atoms with Crippen LogP contribution in [0.25, 0.3) is 0 Å². The van der Waals surface area contributed by atoms with Crippen LogP contribution in [-0.4, -0.2) is 149 Å². The molecule has 2 aliphatic heterocycles. The number of carbonyl (C=O) groups excluding carboxylic acids is 2.